The molecule has 17 heavy (non-hydrogen) atoms. The molecular weight excluding hydrogens is 216 g/mol. The molecule has 0 saturated heterocycles. The molecule has 0 amide bonds. The highest BCUT2D eigenvalue weighted by molar-refractivity contribution is 6.09. The molecule has 0 fully saturated rings. The zero-order valence-corrected chi connectivity index (χ0v) is 10.1. The Balaban J connectivity index is 2.55. The summed E-state index contributed by atoms with van der Waals surface area (Å²) in [5.41, 5.74) is 2.43. The van der Waals surface area contributed by atoms with Gasteiger partial charge in [-0.3, -0.25) is 14.3 Å². The van der Waals surface area contributed by atoms with Gasteiger partial charge in [0.25, 0.3) is 5.56 Å². The zero-order chi connectivity index (χ0) is 12.6. The van der Waals surface area contributed by atoms with Gasteiger partial charge < -0.3 is 5.10 Å². The first-order valence-electron chi connectivity index (χ1n) is 5.37. The van der Waals surface area contributed by atoms with Crippen molar-refractivity contribution < 1.29 is 4.79 Å². The first-order valence-corrected chi connectivity index (χ1v) is 5.37. The third-order valence-corrected chi connectivity index (χ3v) is 3.03. The standard InChI is InChI=1S/C13H14N2O2/c1-8-5-4-6-10(9(8)2)12(16)11-7-14-15(3)13(11)17/h4-7,14H,1-3H3. The van der Waals surface area contributed by atoms with E-state index in [0.717, 1.165) is 11.1 Å². The normalized spacial score (nSPS) is 10.5. The molecule has 0 aliphatic carbocycles. The summed E-state index contributed by atoms with van der Waals surface area (Å²) in [6, 6.07) is 5.52. The molecule has 0 atom stereocenters. The second kappa shape index (κ2) is 4.05. The Labute approximate surface area is 98.9 Å². The molecule has 4 nitrogen and oxygen atoms in total. The van der Waals surface area contributed by atoms with Crippen LogP contribution in [0.5, 0.6) is 0 Å². The van der Waals surface area contributed by atoms with Crippen LogP contribution in [-0.4, -0.2) is 15.6 Å². The summed E-state index contributed by atoms with van der Waals surface area (Å²) in [6.07, 6.45) is 1.45. The highest BCUT2D eigenvalue weighted by Gasteiger charge is 2.17. The molecule has 1 heterocycles. The third-order valence-electron chi connectivity index (χ3n) is 3.03. The van der Waals surface area contributed by atoms with E-state index in [2.05, 4.69) is 5.10 Å². The highest BCUT2D eigenvalue weighted by Crippen LogP contribution is 2.15. The number of carbonyl (C=O) groups excluding carboxylic acids is 1. The Morgan fingerprint density at radius 3 is 2.53 bits per heavy atom. The van der Waals surface area contributed by atoms with Crippen molar-refractivity contribution in [2.45, 2.75) is 13.8 Å². The van der Waals surface area contributed by atoms with Crippen LogP contribution in [0.4, 0.5) is 0 Å². The Morgan fingerprint density at radius 1 is 1.24 bits per heavy atom. The molecule has 88 valence electrons. The first kappa shape index (κ1) is 11.4. The number of carbonyl (C=O) groups is 1. The maximum absolute atomic E-state index is 12.2. The number of hydrogen-bond donors (Lipinski definition) is 1. The van der Waals surface area contributed by atoms with Crippen LogP contribution in [0.3, 0.4) is 0 Å². The molecular formula is C13H14N2O2. The van der Waals surface area contributed by atoms with Gasteiger partial charge in [0.1, 0.15) is 5.56 Å². The van der Waals surface area contributed by atoms with Crippen LogP contribution in [0.15, 0.2) is 29.2 Å². The number of aromatic nitrogens is 2. The molecule has 0 spiro atoms. The van der Waals surface area contributed by atoms with Crippen molar-refractivity contribution in [3.63, 3.8) is 0 Å². The molecule has 0 unspecified atom stereocenters. The van der Waals surface area contributed by atoms with Crippen molar-refractivity contribution in [1.82, 2.24) is 9.78 Å². The summed E-state index contributed by atoms with van der Waals surface area (Å²) in [6.45, 7) is 3.83. The summed E-state index contributed by atoms with van der Waals surface area (Å²) >= 11 is 0. The minimum Gasteiger partial charge on any atom is -0.302 e. The number of aromatic amines is 1. The lowest BCUT2D eigenvalue weighted by atomic mass is 9.98. The van der Waals surface area contributed by atoms with Gasteiger partial charge >= 0.3 is 0 Å². The average Bonchev–Trinajstić information content (AvgIpc) is 2.63. The van der Waals surface area contributed by atoms with Gasteiger partial charge in [0, 0.05) is 18.8 Å². The van der Waals surface area contributed by atoms with Gasteiger partial charge in [0.2, 0.25) is 0 Å². The van der Waals surface area contributed by atoms with Crippen LogP contribution < -0.4 is 5.56 Å². The zero-order valence-electron chi connectivity index (χ0n) is 10.1. The number of H-pyrrole nitrogens is 1. The van der Waals surface area contributed by atoms with Crippen LogP contribution in [0.2, 0.25) is 0 Å². The molecule has 2 rings (SSSR count). The summed E-state index contributed by atoms with van der Waals surface area (Å²) in [4.78, 5) is 23.9. The van der Waals surface area contributed by atoms with E-state index in [1.54, 1.807) is 13.1 Å². The minimum atomic E-state index is -0.295. The quantitative estimate of drug-likeness (QED) is 0.796. The van der Waals surface area contributed by atoms with Crippen LogP contribution in [0, 0.1) is 13.8 Å². The lowest BCUT2D eigenvalue weighted by molar-refractivity contribution is 0.103. The number of nitrogens with zero attached hydrogens (tertiary/aromatic N) is 1. The monoisotopic (exact) mass is 230 g/mol. The fraction of sp³-hybridized carbons (Fsp3) is 0.231. The summed E-state index contributed by atoms with van der Waals surface area (Å²) in [5.74, 6) is -0.229. The summed E-state index contributed by atoms with van der Waals surface area (Å²) in [5, 5.41) is 2.70. The smallest absolute Gasteiger partial charge is 0.277 e. The van der Waals surface area contributed by atoms with Gasteiger partial charge in [-0.25, -0.2) is 0 Å². The van der Waals surface area contributed by atoms with E-state index in [9.17, 15) is 9.59 Å². The lowest BCUT2D eigenvalue weighted by Gasteiger charge is -2.05. The fourth-order valence-electron chi connectivity index (χ4n) is 1.77. The maximum atomic E-state index is 12.2. The van der Waals surface area contributed by atoms with E-state index >= 15 is 0 Å². The van der Waals surface area contributed by atoms with Crippen LogP contribution >= 0.6 is 0 Å². The van der Waals surface area contributed by atoms with E-state index < -0.39 is 0 Å². The van der Waals surface area contributed by atoms with Crippen LogP contribution in [0.25, 0.3) is 0 Å². The lowest BCUT2D eigenvalue weighted by Crippen LogP contribution is -2.19. The van der Waals surface area contributed by atoms with Crippen LogP contribution in [0.1, 0.15) is 27.0 Å². The number of hydrogen-bond acceptors (Lipinski definition) is 2. The third kappa shape index (κ3) is 1.82. The fourth-order valence-corrected chi connectivity index (χ4v) is 1.77. The van der Waals surface area contributed by atoms with Crippen molar-refractivity contribution in [3.8, 4) is 0 Å². The number of rotatable bonds is 2. The molecule has 1 aromatic carbocycles. The Bertz CT molecular complexity index is 635. The van der Waals surface area contributed by atoms with Gasteiger partial charge in [0.05, 0.1) is 0 Å². The van der Waals surface area contributed by atoms with Crippen molar-refractivity contribution in [1.29, 1.82) is 0 Å². The summed E-state index contributed by atoms with van der Waals surface area (Å²) in [7, 11) is 1.59. The van der Waals surface area contributed by atoms with Gasteiger partial charge in [-0.15, -0.1) is 0 Å². The highest BCUT2D eigenvalue weighted by atomic mass is 16.2. The van der Waals surface area contributed by atoms with Crippen molar-refractivity contribution in [2.75, 3.05) is 0 Å². The van der Waals surface area contributed by atoms with Gasteiger partial charge in [0.15, 0.2) is 5.78 Å². The van der Waals surface area contributed by atoms with Gasteiger partial charge in [-0.1, -0.05) is 18.2 Å². The first-order chi connectivity index (χ1) is 8.02. The molecule has 4 heteroatoms. The van der Waals surface area contributed by atoms with E-state index in [1.807, 2.05) is 26.0 Å². The molecule has 1 aromatic heterocycles. The van der Waals surface area contributed by atoms with Gasteiger partial charge in [-0.05, 0) is 25.0 Å². The predicted octanol–water partition coefficient (Wildman–Crippen LogP) is 1.56. The molecule has 0 aliphatic rings. The van der Waals surface area contributed by atoms with E-state index in [-0.39, 0.29) is 16.9 Å². The van der Waals surface area contributed by atoms with Crippen LogP contribution in [-0.2, 0) is 7.05 Å². The molecule has 0 aliphatic heterocycles. The van der Waals surface area contributed by atoms with Gasteiger partial charge in [-0.2, -0.15) is 0 Å². The van der Waals surface area contributed by atoms with Crippen molar-refractivity contribution in [3.05, 3.63) is 57.0 Å². The Hall–Kier alpha value is -2.10. The molecule has 2 aromatic rings. The second-order valence-corrected chi connectivity index (χ2v) is 4.13. The summed E-state index contributed by atoms with van der Waals surface area (Å²) < 4.78 is 1.29. The Morgan fingerprint density at radius 2 is 1.94 bits per heavy atom. The molecule has 0 bridgehead atoms. The van der Waals surface area contributed by atoms with E-state index in [4.69, 9.17) is 0 Å². The van der Waals surface area contributed by atoms with Crippen molar-refractivity contribution >= 4 is 5.78 Å². The molecule has 0 radical (unpaired) electrons. The second-order valence-electron chi connectivity index (χ2n) is 4.13. The maximum Gasteiger partial charge on any atom is 0.277 e. The van der Waals surface area contributed by atoms with E-state index in [1.165, 1.54) is 10.9 Å². The minimum absolute atomic E-state index is 0.182. The Kier molecular flexibility index (Phi) is 2.71. The predicted molar refractivity (Wildman–Crippen MR) is 65.4 cm³/mol. The molecule has 1 N–H and O–H groups in total. The average molecular weight is 230 g/mol. The topological polar surface area (TPSA) is 54.9 Å². The number of nitrogens with one attached hydrogen (secondary N) is 1. The SMILES string of the molecule is Cc1cccc(C(=O)c2c[nH]n(C)c2=O)c1C. The largest absolute Gasteiger partial charge is 0.302 e. The number of benzene rings is 1. The van der Waals surface area contributed by atoms with E-state index in [0.29, 0.717) is 5.56 Å². The number of ketones is 1. The van der Waals surface area contributed by atoms with Crippen molar-refractivity contribution in [2.24, 2.45) is 7.05 Å². The number of aryl methyl sites for hydroxylation is 2. The molecule has 0 saturated carbocycles.